The summed E-state index contributed by atoms with van der Waals surface area (Å²) < 4.78 is 11.6. The molecule has 0 amide bonds. The van der Waals surface area contributed by atoms with E-state index in [-0.39, 0.29) is 5.54 Å². The predicted octanol–water partition coefficient (Wildman–Crippen LogP) is 3.87. The summed E-state index contributed by atoms with van der Waals surface area (Å²) in [5.41, 5.74) is 1.08. The number of rotatable bonds is 6. The highest BCUT2D eigenvalue weighted by molar-refractivity contribution is 5.80. The van der Waals surface area contributed by atoms with Crippen LogP contribution in [0.4, 0.5) is 0 Å². The molecule has 1 fully saturated rings. The van der Waals surface area contributed by atoms with Crippen LogP contribution in [0.15, 0.2) is 23.2 Å². The van der Waals surface area contributed by atoms with Gasteiger partial charge < -0.3 is 20.1 Å². The summed E-state index contributed by atoms with van der Waals surface area (Å²) in [6, 6.07) is 6.07. The van der Waals surface area contributed by atoms with Crippen LogP contribution in [0.1, 0.15) is 58.9 Å². The van der Waals surface area contributed by atoms with Gasteiger partial charge in [0.05, 0.1) is 19.8 Å². The molecule has 0 aromatic heterocycles. The summed E-state index contributed by atoms with van der Waals surface area (Å²) in [6.07, 6.45) is 5.08. The van der Waals surface area contributed by atoms with E-state index in [1.165, 1.54) is 12.8 Å². The molecule has 5 heteroatoms. The number of methoxy groups -OCH3 is 1. The van der Waals surface area contributed by atoms with Crippen LogP contribution in [0.25, 0.3) is 0 Å². The summed E-state index contributed by atoms with van der Waals surface area (Å²) in [5.74, 6) is 2.44. The van der Waals surface area contributed by atoms with Crippen LogP contribution in [0, 0.1) is 0 Å². The van der Waals surface area contributed by atoms with Gasteiger partial charge >= 0.3 is 0 Å². The Kier molecular flexibility index (Phi) is 6.97. The van der Waals surface area contributed by atoms with Gasteiger partial charge in [-0.3, -0.25) is 0 Å². The molecule has 0 bridgehead atoms. The van der Waals surface area contributed by atoms with Gasteiger partial charge in [0, 0.05) is 12.1 Å². The number of aliphatic imine (C=N–C) groups is 1. The summed E-state index contributed by atoms with van der Waals surface area (Å²) in [7, 11) is 1.69. The Morgan fingerprint density at radius 2 is 1.92 bits per heavy atom. The highest BCUT2D eigenvalue weighted by Gasteiger charge is 2.18. The average molecular weight is 348 g/mol. The lowest BCUT2D eigenvalue weighted by Crippen LogP contribution is -2.47. The molecule has 0 atom stereocenters. The number of hydrogen-bond acceptors (Lipinski definition) is 3. The number of benzene rings is 1. The monoisotopic (exact) mass is 347 g/mol. The molecule has 2 rings (SSSR count). The van der Waals surface area contributed by atoms with E-state index in [2.05, 4.69) is 44.4 Å². The fraction of sp³-hybridized carbons (Fsp3) is 0.650. The lowest BCUT2D eigenvalue weighted by molar-refractivity contribution is 0.200. The molecule has 0 heterocycles. The predicted molar refractivity (Wildman–Crippen MR) is 104 cm³/mol. The summed E-state index contributed by atoms with van der Waals surface area (Å²) >= 11 is 0. The molecule has 0 saturated heterocycles. The minimum Gasteiger partial charge on any atom is -0.493 e. The van der Waals surface area contributed by atoms with Crippen LogP contribution in [-0.2, 0) is 6.54 Å². The van der Waals surface area contributed by atoms with Crippen LogP contribution < -0.4 is 20.1 Å². The van der Waals surface area contributed by atoms with Crippen LogP contribution in [0.5, 0.6) is 11.5 Å². The molecule has 1 aromatic carbocycles. The van der Waals surface area contributed by atoms with Crippen molar-refractivity contribution in [2.75, 3.05) is 13.7 Å². The maximum atomic E-state index is 6.17. The molecule has 1 aliphatic carbocycles. The van der Waals surface area contributed by atoms with Gasteiger partial charge in [-0.1, -0.05) is 6.07 Å². The van der Waals surface area contributed by atoms with Gasteiger partial charge in [-0.15, -0.1) is 0 Å². The van der Waals surface area contributed by atoms with E-state index in [4.69, 9.17) is 14.5 Å². The Balaban J connectivity index is 2.10. The van der Waals surface area contributed by atoms with Crippen molar-refractivity contribution < 1.29 is 9.47 Å². The van der Waals surface area contributed by atoms with Crippen molar-refractivity contribution in [2.24, 2.45) is 4.99 Å². The number of ether oxygens (including phenoxy) is 2. The third kappa shape index (κ3) is 6.48. The Labute approximate surface area is 152 Å². The SMILES string of the molecule is CCNC(=NCc1ccc(OC)c(OC2CCCC2)c1)NC(C)(C)C. The van der Waals surface area contributed by atoms with E-state index >= 15 is 0 Å². The smallest absolute Gasteiger partial charge is 0.191 e. The van der Waals surface area contributed by atoms with Gasteiger partial charge in [-0.05, 0) is 71.1 Å². The quantitative estimate of drug-likeness (QED) is 0.606. The minimum atomic E-state index is -0.0301. The molecule has 1 aromatic rings. The zero-order valence-electron chi connectivity index (χ0n) is 16.3. The first-order chi connectivity index (χ1) is 11.9. The van der Waals surface area contributed by atoms with Gasteiger partial charge in [-0.2, -0.15) is 0 Å². The largest absolute Gasteiger partial charge is 0.493 e. The standard InChI is InChI=1S/C20H33N3O2/c1-6-21-19(23-20(2,3)4)22-14-15-11-12-17(24-5)18(13-15)25-16-9-7-8-10-16/h11-13,16H,6-10,14H2,1-5H3,(H2,21,22,23). The van der Waals surface area contributed by atoms with Crippen molar-refractivity contribution in [1.29, 1.82) is 0 Å². The molecule has 1 aliphatic rings. The second-order valence-corrected chi connectivity index (χ2v) is 7.58. The van der Waals surface area contributed by atoms with Crippen molar-refractivity contribution in [3.8, 4) is 11.5 Å². The lowest BCUT2D eigenvalue weighted by Gasteiger charge is -2.23. The van der Waals surface area contributed by atoms with Gasteiger partial charge in [0.25, 0.3) is 0 Å². The van der Waals surface area contributed by atoms with E-state index in [0.717, 1.165) is 42.4 Å². The van der Waals surface area contributed by atoms with Crippen LogP contribution in [0.3, 0.4) is 0 Å². The molecule has 2 N–H and O–H groups in total. The number of nitrogens with zero attached hydrogens (tertiary/aromatic N) is 1. The van der Waals surface area contributed by atoms with Crippen molar-refractivity contribution in [3.05, 3.63) is 23.8 Å². The van der Waals surface area contributed by atoms with E-state index in [1.54, 1.807) is 7.11 Å². The van der Waals surface area contributed by atoms with Gasteiger partial charge in [0.1, 0.15) is 0 Å². The van der Waals surface area contributed by atoms with E-state index in [1.807, 2.05) is 12.1 Å². The normalized spacial score (nSPS) is 16.0. The fourth-order valence-electron chi connectivity index (χ4n) is 2.93. The van der Waals surface area contributed by atoms with E-state index < -0.39 is 0 Å². The summed E-state index contributed by atoms with van der Waals surface area (Å²) in [4.78, 5) is 4.70. The van der Waals surface area contributed by atoms with Gasteiger partial charge in [0.15, 0.2) is 17.5 Å². The minimum absolute atomic E-state index is 0.0301. The lowest BCUT2D eigenvalue weighted by atomic mass is 10.1. The van der Waals surface area contributed by atoms with Crippen LogP contribution in [-0.4, -0.2) is 31.3 Å². The van der Waals surface area contributed by atoms with E-state index in [0.29, 0.717) is 12.6 Å². The molecule has 1 saturated carbocycles. The topological polar surface area (TPSA) is 54.9 Å². The first kappa shape index (κ1) is 19.4. The second-order valence-electron chi connectivity index (χ2n) is 7.58. The number of hydrogen-bond donors (Lipinski definition) is 2. The molecular formula is C20H33N3O2. The molecule has 0 aliphatic heterocycles. The maximum absolute atomic E-state index is 6.17. The number of guanidine groups is 1. The summed E-state index contributed by atoms with van der Waals surface area (Å²) in [5, 5.41) is 6.69. The summed E-state index contributed by atoms with van der Waals surface area (Å²) in [6.45, 7) is 9.88. The Morgan fingerprint density at radius 1 is 1.20 bits per heavy atom. The van der Waals surface area contributed by atoms with Crippen molar-refractivity contribution in [2.45, 2.75) is 71.6 Å². The van der Waals surface area contributed by atoms with Crippen LogP contribution >= 0.6 is 0 Å². The van der Waals surface area contributed by atoms with Crippen molar-refractivity contribution in [1.82, 2.24) is 10.6 Å². The molecular weight excluding hydrogens is 314 g/mol. The third-order valence-corrected chi connectivity index (χ3v) is 4.08. The highest BCUT2D eigenvalue weighted by Crippen LogP contribution is 2.32. The Bertz CT molecular complexity index is 573. The van der Waals surface area contributed by atoms with Gasteiger partial charge in [-0.25, -0.2) is 4.99 Å². The average Bonchev–Trinajstić information content (AvgIpc) is 3.05. The molecule has 0 unspecified atom stereocenters. The van der Waals surface area contributed by atoms with Crippen LogP contribution in [0.2, 0.25) is 0 Å². The molecule has 25 heavy (non-hydrogen) atoms. The molecule has 0 radical (unpaired) electrons. The van der Waals surface area contributed by atoms with Crippen molar-refractivity contribution in [3.63, 3.8) is 0 Å². The first-order valence-corrected chi connectivity index (χ1v) is 9.31. The molecule has 5 nitrogen and oxygen atoms in total. The fourth-order valence-corrected chi connectivity index (χ4v) is 2.93. The molecule has 140 valence electrons. The molecule has 0 spiro atoms. The zero-order valence-corrected chi connectivity index (χ0v) is 16.3. The zero-order chi connectivity index (χ0) is 18.3. The van der Waals surface area contributed by atoms with Gasteiger partial charge in [0.2, 0.25) is 0 Å². The third-order valence-electron chi connectivity index (χ3n) is 4.08. The van der Waals surface area contributed by atoms with E-state index in [9.17, 15) is 0 Å². The second kappa shape index (κ2) is 8.97. The Hall–Kier alpha value is -1.91. The highest BCUT2D eigenvalue weighted by atomic mass is 16.5. The maximum Gasteiger partial charge on any atom is 0.191 e. The van der Waals surface area contributed by atoms with Crippen molar-refractivity contribution >= 4 is 5.96 Å². The number of nitrogens with one attached hydrogen (secondary N) is 2. The Morgan fingerprint density at radius 3 is 2.52 bits per heavy atom. The first-order valence-electron chi connectivity index (χ1n) is 9.31.